The van der Waals surface area contributed by atoms with Gasteiger partial charge in [0.25, 0.3) is 0 Å². The Morgan fingerprint density at radius 2 is 1.88 bits per heavy atom. The molecule has 2 N–H and O–H groups in total. The normalized spacial score (nSPS) is 19.2. The maximum Gasteiger partial charge on any atom is 0.327 e. The molecule has 136 valence electrons. The van der Waals surface area contributed by atoms with Gasteiger partial charge in [-0.2, -0.15) is 0 Å². The van der Waals surface area contributed by atoms with Crippen molar-refractivity contribution < 1.29 is 38.5 Å². The summed E-state index contributed by atoms with van der Waals surface area (Å²) in [5.74, 6) is -5.41. The molecular formula is C15H23NO8. The number of esters is 2. The van der Waals surface area contributed by atoms with Crippen molar-refractivity contribution >= 4 is 23.8 Å². The first-order valence-electron chi connectivity index (χ1n) is 7.83. The van der Waals surface area contributed by atoms with E-state index in [1.54, 1.807) is 13.8 Å². The minimum atomic E-state index is -1.58. The zero-order valence-corrected chi connectivity index (χ0v) is 13.8. The molecule has 3 atom stereocenters. The van der Waals surface area contributed by atoms with E-state index in [9.17, 15) is 24.3 Å². The van der Waals surface area contributed by atoms with E-state index in [0.717, 1.165) is 0 Å². The fourth-order valence-corrected chi connectivity index (χ4v) is 2.33. The van der Waals surface area contributed by atoms with Crippen LogP contribution >= 0.6 is 0 Å². The maximum atomic E-state index is 12.1. The Kier molecular flexibility index (Phi) is 8.17. The summed E-state index contributed by atoms with van der Waals surface area (Å²) in [6, 6.07) is -1.58. The van der Waals surface area contributed by atoms with Crippen LogP contribution in [0, 0.1) is 11.8 Å². The van der Waals surface area contributed by atoms with E-state index in [2.05, 4.69) is 5.32 Å². The van der Waals surface area contributed by atoms with Crippen LogP contribution < -0.4 is 5.32 Å². The highest BCUT2D eigenvalue weighted by Gasteiger charge is 2.39. The fourth-order valence-electron chi connectivity index (χ4n) is 2.33. The molecule has 1 heterocycles. The topological polar surface area (TPSA) is 128 Å². The lowest BCUT2D eigenvalue weighted by Gasteiger charge is -2.23. The summed E-state index contributed by atoms with van der Waals surface area (Å²) in [7, 11) is 0. The van der Waals surface area contributed by atoms with Crippen molar-refractivity contribution in [2.24, 2.45) is 11.8 Å². The number of rotatable bonds is 9. The van der Waals surface area contributed by atoms with Crippen LogP contribution in [0.5, 0.6) is 0 Å². The van der Waals surface area contributed by atoms with Gasteiger partial charge in [0.15, 0.2) is 0 Å². The van der Waals surface area contributed by atoms with Gasteiger partial charge in [0.2, 0.25) is 5.91 Å². The number of nitrogens with one attached hydrogen (secondary N) is 1. The molecule has 0 spiro atoms. The molecule has 0 radical (unpaired) electrons. The quantitative estimate of drug-likeness (QED) is 0.546. The fraction of sp³-hybridized carbons (Fsp3) is 0.733. The summed E-state index contributed by atoms with van der Waals surface area (Å²) >= 11 is 0. The van der Waals surface area contributed by atoms with Crippen LogP contribution in [0.15, 0.2) is 0 Å². The summed E-state index contributed by atoms with van der Waals surface area (Å²) in [6.45, 7) is 3.88. The molecule has 9 nitrogen and oxygen atoms in total. The Morgan fingerprint density at radius 3 is 2.38 bits per heavy atom. The first kappa shape index (κ1) is 19.9. The highest BCUT2D eigenvalue weighted by atomic mass is 16.5. The average Bonchev–Trinajstić information content (AvgIpc) is 3.05. The Labute approximate surface area is 139 Å². The van der Waals surface area contributed by atoms with Gasteiger partial charge >= 0.3 is 17.9 Å². The van der Waals surface area contributed by atoms with E-state index < -0.39 is 48.1 Å². The van der Waals surface area contributed by atoms with Gasteiger partial charge in [0.05, 0.1) is 38.1 Å². The standard InChI is InChI=1S/C15H23NO8/c1-3-23-11(17)7-10(15(21)24-4-2)12(14(19)20)16-13(18)9-5-6-22-8-9/h9-10,12H,3-8H2,1-2H3,(H,16,18)(H,19,20)/t9-,10-,12+/m0/s1. The molecular weight excluding hydrogens is 322 g/mol. The van der Waals surface area contributed by atoms with E-state index in [0.29, 0.717) is 13.0 Å². The molecule has 1 aliphatic rings. The van der Waals surface area contributed by atoms with Gasteiger partial charge in [-0.25, -0.2) is 4.79 Å². The van der Waals surface area contributed by atoms with Crippen molar-refractivity contribution in [3.63, 3.8) is 0 Å². The Morgan fingerprint density at radius 1 is 1.21 bits per heavy atom. The number of aliphatic carboxylic acids is 1. The summed E-state index contributed by atoms with van der Waals surface area (Å²) in [6.07, 6.45) is -0.0226. The van der Waals surface area contributed by atoms with E-state index in [-0.39, 0.29) is 19.8 Å². The number of ether oxygens (including phenoxy) is 3. The first-order chi connectivity index (χ1) is 11.4. The van der Waals surface area contributed by atoms with Crippen LogP contribution in [0.25, 0.3) is 0 Å². The number of hydrogen-bond acceptors (Lipinski definition) is 7. The number of carboxylic acid groups (broad SMARTS) is 1. The molecule has 0 aromatic heterocycles. The van der Waals surface area contributed by atoms with Crippen LogP contribution in [0.1, 0.15) is 26.7 Å². The Bertz CT molecular complexity index is 472. The third-order valence-electron chi connectivity index (χ3n) is 3.55. The molecule has 24 heavy (non-hydrogen) atoms. The zero-order valence-electron chi connectivity index (χ0n) is 13.8. The van der Waals surface area contributed by atoms with E-state index in [4.69, 9.17) is 14.2 Å². The monoisotopic (exact) mass is 345 g/mol. The molecule has 0 bridgehead atoms. The Balaban J connectivity index is 2.89. The third kappa shape index (κ3) is 5.80. The lowest BCUT2D eigenvalue weighted by Crippen LogP contribution is -2.51. The summed E-state index contributed by atoms with van der Waals surface area (Å²) < 4.78 is 14.7. The van der Waals surface area contributed by atoms with Crippen molar-refractivity contribution in [2.75, 3.05) is 26.4 Å². The van der Waals surface area contributed by atoms with Crippen molar-refractivity contribution in [3.8, 4) is 0 Å². The van der Waals surface area contributed by atoms with Crippen molar-refractivity contribution in [1.82, 2.24) is 5.32 Å². The summed E-state index contributed by atoms with van der Waals surface area (Å²) in [4.78, 5) is 47.4. The first-order valence-corrected chi connectivity index (χ1v) is 7.83. The molecule has 1 fully saturated rings. The van der Waals surface area contributed by atoms with Gasteiger partial charge in [-0.15, -0.1) is 0 Å². The second-order valence-electron chi connectivity index (χ2n) is 5.25. The SMILES string of the molecule is CCOC(=O)C[C@H](C(=O)OCC)[C@@H](NC(=O)[C@H]1CCOC1)C(=O)O. The van der Waals surface area contributed by atoms with Crippen molar-refractivity contribution in [3.05, 3.63) is 0 Å². The zero-order chi connectivity index (χ0) is 18.1. The number of amides is 1. The second-order valence-corrected chi connectivity index (χ2v) is 5.25. The lowest BCUT2D eigenvalue weighted by atomic mass is 9.95. The highest BCUT2D eigenvalue weighted by molar-refractivity contribution is 5.91. The highest BCUT2D eigenvalue weighted by Crippen LogP contribution is 2.17. The second kappa shape index (κ2) is 9.86. The van der Waals surface area contributed by atoms with Crippen LogP contribution in [-0.4, -0.2) is 61.4 Å². The molecule has 1 aliphatic heterocycles. The molecule has 0 aliphatic carbocycles. The van der Waals surface area contributed by atoms with Crippen LogP contribution in [0.4, 0.5) is 0 Å². The van der Waals surface area contributed by atoms with Gasteiger partial charge in [-0.05, 0) is 20.3 Å². The van der Waals surface area contributed by atoms with Crippen LogP contribution in [0.2, 0.25) is 0 Å². The minimum absolute atomic E-state index is 0.0227. The van der Waals surface area contributed by atoms with Gasteiger partial charge in [-0.1, -0.05) is 0 Å². The van der Waals surface area contributed by atoms with Gasteiger partial charge in [0.1, 0.15) is 6.04 Å². The molecule has 1 amide bonds. The molecule has 1 rings (SSSR count). The molecule has 9 heteroatoms. The predicted octanol–water partition coefficient (Wildman–Crippen LogP) is -0.275. The van der Waals surface area contributed by atoms with Crippen LogP contribution in [0.3, 0.4) is 0 Å². The Hall–Kier alpha value is -2.16. The van der Waals surface area contributed by atoms with Crippen molar-refractivity contribution in [2.45, 2.75) is 32.7 Å². The van der Waals surface area contributed by atoms with Gasteiger partial charge < -0.3 is 24.6 Å². The third-order valence-corrected chi connectivity index (χ3v) is 3.55. The van der Waals surface area contributed by atoms with Gasteiger partial charge in [-0.3, -0.25) is 14.4 Å². The van der Waals surface area contributed by atoms with Gasteiger partial charge in [0, 0.05) is 6.61 Å². The molecule has 1 saturated heterocycles. The van der Waals surface area contributed by atoms with E-state index in [1.165, 1.54) is 0 Å². The summed E-state index contributed by atoms with van der Waals surface area (Å²) in [5.41, 5.74) is 0. The predicted molar refractivity (Wildman–Crippen MR) is 79.9 cm³/mol. The largest absolute Gasteiger partial charge is 0.480 e. The van der Waals surface area contributed by atoms with Crippen LogP contribution in [-0.2, 0) is 33.4 Å². The smallest absolute Gasteiger partial charge is 0.327 e. The van der Waals surface area contributed by atoms with Crippen molar-refractivity contribution in [1.29, 1.82) is 0 Å². The average molecular weight is 345 g/mol. The molecule has 0 aromatic carbocycles. The molecule has 0 saturated carbocycles. The number of carbonyl (C=O) groups excluding carboxylic acids is 3. The lowest BCUT2D eigenvalue weighted by molar-refractivity contribution is -0.160. The number of carboxylic acids is 1. The number of carbonyl (C=O) groups is 4. The minimum Gasteiger partial charge on any atom is -0.480 e. The van der Waals surface area contributed by atoms with E-state index >= 15 is 0 Å². The maximum absolute atomic E-state index is 12.1. The van der Waals surface area contributed by atoms with E-state index in [1.807, 2.05) is 0 Å². The number of hydrogen-bond donors (Lipinski definition) is 2. The summed E-state index contributed by atoms with van der Waals surface area (Å²) in [5, 5.41) is 11.7. The molecule has 0 unspecified atom stereocenters. The molecule has 0 aromatic rings.